The van der Waals surface area contributed by atoms with Gasteiger partial charge in [0, 0.05) is 12.2 Å². The fourth-order valence-electron chi connectivity index (χ4n) is 2.53. The Morgan fingerprint density at radius 1 is 1.14 bits per heavy atom. The van der Waals surface area contributed by atoms with Crippen molar-refractivity contribution in [1.29, 1.82) is 0 Å². The van der Waals surface area contributed by atoms with Crippen molar-refractivity contribution < 1.29 is 4.42 Å². The first-order chi connectivity index (χ1) is 10.2. The summed E-state index contributed by atoms with van der Waals surface area (Å²) in [6.07, 6.45) is 0. The summed E-state index contributed by atoms with van der Waals surface area (Å²) in [5.74, 6) is 0.688. The molecule has 0 radical (unpaired) electrons. The Morgan fingerprint density at radius 3 is 2.67 bits per heavy atom. The first-order valence-electron chi connectivity index (χ1n) is 7.13. The number of aromatic nitrogens is 1. The van der Waals surface area contributed by atoms with Gasteiger partial charge in [-0.15, -0.1) is 0 Å². The van der Waals surface area contributed by atoms with Crippen LogP contribution in [0.15, 0.2) is 46.9 Å². The smallest absolute Gasteiger partial charge is 0.215 e. The van der Waals surface area contributed by atoms with E-state index in [2.05, 4.69) is 41.9 Å². The van der Waals surface area contributed by atoms with Crippen molar-refractivity contribution in [2.24, 2.45) is 0 Å². The van der Waals surface area contributed by atoms with Gasteiger partial charge in [-0.1, -0.05) is 24.3 Å². The quantitative estimate of drug-likeness (QED) is 0.740. The normalized spacial score (nSPS) is 11.0. The third kappa shape index (κ3) is 2.57. The molecule has 0 aliphatic heterocycles. The van der Waals surface area contributed by atoms with Gasteiger partial charge >= 0.3 is 0 Å². The van der Waals surface area contributed by atoms with E-state index in [0.717, 1.165) is 17.6 Å². The molecule has 0 saturated carbocycles. The van der Waals surface area contributed by atoms with Crippen molar-refractivity contribution in [3.63, 3.8) is 0 Å². The number of hydrogen-bond donors (Lipinski definition) is 1. The minimum absolute atomic E-state index is 0.634. The molecule has 0 bridgehead atoms. The van der Waals surface area contributed by atoms with Crippen molar-refractivity contribution >= 4 is 22.5 Å². The van der Waals surface area contributed by atoms with Crippen LogP contribution >= 0.6 is 0 Å². The Labute approximate surface area is 124 Å². The summed E-state index contributed by atoms with van der Waals surface area (Å²) in [4.78, 5) is 6.77. The Hall–Kier alpha value is -2.49. The zero-order valence-electron chi connectivity index (χ0n) is 12.3. The van der Waals surface area contributed by atoms with E-state index in [9.17, 15) is 0 Å². The molecule has 21 heavy (non-hydrogen) atoms. The predicted octanol–water partition coefficient (Wildman–Crippen LogP) is 3.74. The number of nitrogens with two attached hydrogens (primary N) is 1. The standard InChI is InChI=1S/C17H19N3O/c1-3-20(14-9-5-4-7-12(14)2)11-16-19-17-13(18)8-6-10-15(17)21-16/h4-10H,3,11,18H2,1-2H3. The van der Waals surface area contributed by atoms with Crippen LogP contribution in [0.1, 0.15) is 18.4 Å². The number of para-hydroxylation sites is 2. The maximum Gasteiger partial charge on any atom is 0.215 e. The Balaban J connectivity index is 1.93. The summed E-state index contributed by atoms with van der Waals surface area (Å²) in [5, 5.41) is 0. The van der Waals surface area contributed by atoms with Gasteiger partial charge in [0.2, 0.25) is 5.89 Å². The Bertz CT molecular complexity index is 764. The highest BCUT2D eigenvalue weighted by Crippen LogP contribution is 2.25. The molecule has 1 heterocycles. The lowest BCUT2D eigenvalue weighted by atomic mass is 10.2. The number of nitrogen functional groups attached to an aromatic ring is 1. The molecular weight excluding hydrogens is 262 g/mol. The SMILES string of the molecule is CCN(Cc1nc2c(N)cccc2o1)c1ccccc1C. The number of anilines is 2. The van der Waals surface area contributed by atoms with Gasteiger partial charge in [-0.05, 0) is 37.6 Å². The lowest BCUT2D eigenvalue weighted by molar-refractivity contribution is 0.521. The first-order valence-corrected chi connectivity index (χ1v) is 7.13. The maximum absolute atomic E-state index is 5.93. The molecule has 108 valence electrons. The van der Waals surface area contributed by atoms with E-state index in [1.807, 2.05) is 24.3 Å². The van der Waals surface area contributed by atoms with E-state index in [-0.39, 0.29) is 0 Å². The van der Waals surface area contributed by atoms with Crippen LogP contribution in [0.2, 0.25) is 0 Å². The fourth-order valence-corrected chi connectivity index (χ4v) is 2.53. The molecule has 0 atom stereocenters. The van der Waals surface area contributed by atoms with Gasteiger partial charge in [0.05, 0.1) is 12.2 Å². The average molecular weight is 281 g/mol. The van der Waals surface area contributed by atoms with Crippen LogP contribution in [0, 0.1) is 6.92 Å². The molecule has 2 N–H and O–H groups in total. The van der Waals surface area contributed by atoms with E-state index >= 15 is 0 Å². The van der Waals surface area contributed by atoms with Crippen molar-refractivity contribution in [1.82, 2.24) is 4.98 Å². The fraction of sp³-hybridized carbons (Fsp3) is 0.235. The third-order valence-electron chi connectivity index (χ3n) is 3.66. The lowest BCUT2D eigenvalue weighted by Crippen LogP contribution is -2.22. The minimum atomic E-state index is 0.634. The molecule has 4 nitrogen and oxygen atoms in total. The van der Waals surface area contributed by atoms with Gasteiger partial charge in [0.15, 0.2) is 5.58 Å². The second-order valence-electron chi connectivity index (χ2n) is 5.10. The molecule has 1 aromatic heterocycles. The number of oxazole rings is 1. The number of fused-ring (bicyclic) bond motifs is 1. The summed E-state index contributed by atoms with van der Waals surface area (Å²) >= 11 is 0. The number of aryl methyl sites for hydroxylation is 1. The largest absolute Gasteiger partial charge is 0.439 e. The summed E-state index contributed by atoms with van der Waals surface area (Å²) in [5.41, 5.74) is 10.5. The highest BCUT2D eigenvalue weighted by atomic mass is 16.3. The maximum atomic E-state index is 5.93. The van der Waals surface area contributed by atoms with Gasteiger partial charge in [-0.3, -0.25) is 0 Å². The van der Waals surface area contributed by atoms with Crippen LogP contribution in [0.25, 0.3) is 11.1 Å². The van der Waals surface area contributed by atoms with Crippen LogP contribution < -0.4 is 10.6 Å². The van der Waals surface area contributed by atoms with Crippen molar-refractivity contribution in [2.45, 2.75) is 20.4 Å². The lowest BCUT2D eigenvalue weighted by Gasteiger charge is -2.23. The second-order valence-corrected chi connectivity index (χ2v) is 5.10. The van der Waals surface area contributed by atoms with Crippen LogP contribution in [0.4, 0.5) is 11.4 Å². The highest BCUT2D eigenvalue weighted by molar-refractivity contribution is 5.85. The zero-order chi connectivity index (χ0) is 14.8. The van der Waals surface area contributed by atoms with Crippen molar-refractivity contribution in [2.75, 3.05) is 17.2 Å². The minimum Gasteiger partial charge on any atom is -0.439 e. The van der Waals surface area contributed by atoms with Gasteiger partial charge < -0.3 is 15.1 Å². The molecule has 3 rings (SSSR count). The van der Waals surface area contributed by atoms with Crippen molar-refractivity contribution in [3.8, 4) is 0 Å². The van der Waals surface area contributed by atoms with Crippen LogP contribution in [0.3, 0.4) is 0 Å². The second kappa shape index (κ2) is 5.48. The molecule has 0 saturated heterocycles. The van der Waals surface area contributed by atoms with E-state index in [1.165, 1.54) is 11.3 Å². The number of benzene rings is 2. The van der Waals surface area contributed by atoms with Gasteiger partial charge in [0.25, 0.3) is 0 Å². The Morgan fingerprint density at radius 2 is 1.95 bits per heavy atom. The molecule has 0 spiro atoms. The van der Waals surface area contributed by atoms with E-state index in [1.54, 1.807) is 0 Å². The number of rotatable bonds is 4. The molecule has 0 amide bonds. The monoisotopic (exact) mass is 281 g/mol. The van der Waals surface area contributed by atoms with E-state index < -0.39 is 0 Å². The van der Waals surface area contributed by atoms with Gasteiger partial charge in [-0.2, -0.15) is 0 Å². The summed E-state index contributed by atoms with van der Waals surface area (Å²) < 4.78 is 5.81. The summed E-state index contributed by atoms with van der Waals surface area (Å²) in [6.45, 7) is 5.76. The molecule has 0 unspecified atom stereocenters. The molecule has 0 aliphatic rings. The van der Waals surface area contributed by atoms with Gasteiger partial charge in [-0.25, -0.2) is 4.98 Å². The highest BCUT2D eigenvalue weighted by Gasteiger charge is 2.13. The molecule has 0 aliphatic carbocycles. The van der Waals surface area contributed by atoms with E-state index in [0.29, 0.717) is 18.1 Å². The summed E-state index contributed by atoms with van der Waals surface area (Å²) in [7, 11) is 0. The first kappa shape index (κ1) is 13.5. The van der Waals surface area contributed by atoms with Gasteiger partial charge in [0.1, 0.15) is 5.52 Å². The van der Waals surface area contributed by atoms with E-state index in [4.69, 9.17) is 10.2 Å². The number of hydrogen-bond acceptors (Lipinski definition) is 4. The topological polar surface area (TPSA) is 55.3 Å². The number of nitrogens with zero attached hydrogens (tertiary/aromatic N) is 2. The third-order valence-corrected chi connectivity index (χ3v) is 3.66. The molecule has 3 aromatic rings. The molecule has 4 heteroatoms. The zero-order valence-corrected chi connectivity index (χ0v) is 12.3. The van der Waals surface area contributed by atoms with Crippen LogP contribution in [-0.2, 0) is 6.54 Å². The molecular formula is C17H19N3O. The van der Waals surface area contributed by atoms with Crippen LogP contribution in [-0.4, -0.2) is 11.5 Å². The van der Waals surface area contributed by atoms with Crippen LogP contribution in [0.5, 0.6) is 0 Å². The Kier molecular flexibility index (Phi) is 3.52. The summed E-state index contributed by atoms with van der Waals surface area (Å²) in [6, 6.07) is 13.9. The average Bonchev–Trinajstić information content (AvgIpc) is 2.90. The molecule has 0 fully saturated rings. The predicted molar refractivity (Wildman–Crippen MR) is 86.3 cm³/mol. The van der Waals surface area contributed by atoms with Crippen molar-refractivity contribution in [3.05, 3.63) is 53.9 Å². The molecule has 2 aromatic carbocycles.